The fourth-order valence-electron chi connectivity index (χ4n) is 1.62. The second-order valence-corrected chi connectivity index (χ2v) is 4.35. The fourth-order valence-corrected chi connectivity index (χ4v) is 1.72. The van der Waals surface area contributed by atoms with Crippen molar-refractivity contribution in [2.24, 2.45) is 0 Å². The Morgan fingerprint density at radius 1 is 1.25 bits per heavy atom. The zero-order valence-electron chi connectivity index (χ0n) is 10.4. The van der Waals surface area contributed by atoms with Crippen LogP contribution in [0.3, 0.4) is 0 Å². The zero-order valence-corrected chi connectivity index (χ0v) is 11.2. The lowest BCUT2D eigenvalue weighted by Gasteiger charge is -2.09. The summed E-state index contributed by atoms with van der Waals surface area (Å²) in [4.78, 5) is 30.6. The molecule has 2 aromatic rings. The monoisotopic (exact) mass is 291 g/mol. The number of rotatable bonds is 3. The Kier molecular flexibility index (Phi) is 3.95. The summed E-state index contributed by atoms with van der Waals surface area (Å²) in [7, 11) is 0. The Hall–Kier alpha value is -2.47. The number of anilines is 1. The summed E-state index contributed by atoms with van der Waals surface area (Å²) in [6.45, 7) is 1.62. The summed E-state index contributed by atoms with van der Waals surface area (Å²) in [5, 5.41) is 11.8. The molecule has 0 radical (unpaired) electrons. The van der Waals surface area contributed by atoms with E-state index >= 15 is 0 Å². The number of carboxylic acids is 1. The predicted molar refractivity (Wildman–Crippen MR) is 73.1 cm³/mol. The molecule has 0 saturated heterocycles. The van der Waals surface area contributed by atoms with E-state index in [2.05, 4.69) is 15.3 Å². The normalized spacial score (nSPS) is 10.1. The van der Waals surface area contributed by atoms with Gasteiger partial charge in [0.05, 0.1) is 18.0 Å². The molecule has 0 aliphatic rings. The number of hydrogen-bond donors (Lipinski definition) is 2. The van der Waals surface area contributed by atoms with Crippen LogP contribution >= 0.6 is 11.6 Å². The number of benzene rings is 1. The van der Waals surface area contributed by atoms with E-state index in [1.807, 2.05) is 0 Å². The van der Waals surface area contributed by atoms with Crippen molar-refractivity contribution in [3.8, 4) is 0 Å². The van der Waals surface area contributed by atoms with E-state index in [0.717, 1.165) is 0 Å². The number of halogens is 1. The van der Waals surface area contributed by atoms with Crippen LogP contribution in [0.25, 0.3) is 0 Å². The van der Waals surface area contributed by atoms with Gasteiger partial charge in [0.1, 0.15) is 10.8 Å². The van der Waals surface area contributed by atoms with Gasteiger partial charge in [-0.05, 0) is 24.6 Å². The Morgan fingerprint density at radius 3 is 2.60 bits per heavy atom. The van der Waals surface area contributed by atoms with Crippen LogP contribution in [-0.4, -0.2) is 27.0 Å². The van der Waals surface area contributed by atoms with Gasteiger partial charge in [0.15, 0.2) is 0 Å². The molecule has 102 valence electrons. The van der Waals surface area contributed by atoms with E-state index in [9.17, 15) is 9.59 Å². The van der Waals surface area contributed by atoms with E-state index < -0.39 is 11.9 Å². The lowest BCUT2D eigenvalue weighted by Crippen LogP contribution is -2.15. The van der Waals surface area contributed by atoms with Crippen LogP contribution in [0.5, 0.6) is 0 Å². The number of carbonyl (C=O) groups excluding carboxylic acids is 1. The van der Waals surface area contributed by atoms with Crippen LogP contribution in [0, 0.1) is 6.92 Å². The standard InChI is InChI=1S/C13H10ClN3O3/c1-7-8(13(19)20)3-2-4-9(7)17-12(18)10-5-16-11(14)6-15-10/h2-6H,1H3,(H,17,18)(H,19,20). The molecule has 2 rings (SSSR count). The Labute approximate surface area is 119 Å². The number of hydrogen-bond acceptors (Lipinski definition) is 4. The van der Waals surface area contributed by atoms with Crippen molar-refractivity contribution in [2.45, 2.75) is 6.92 Å². The maximum atomic E-state index is 12.0. The van der Waals surface area contributed by atoms with Crippen molar-refractivity contribution in [1.82, 2.24) is 9.97 Å². The highest BCUT2D eigenvalue weighted by Gasteiger charge is 2.13. The molecule has 0 saturated carbocycles. The third-order valence-electron chi connectivity index (χ3n) is 2.67. The van der Waals surface area contributed by atoms with Gasteiger partial charge in [-0.15, -0.1) is 0 Å². The lowest BCUT2D eigenvalue weighted by atomic mass is 10.1. The molecule has 1 aromatic carbocycles. The van der Waals surface area contributed by atoms with Gasteiger partial charge >= 0.3 is 5.97 Å². The molecule has 1 aromatic heterocycles. The maximum absolute atomic E-state index is 12.0. The third kappa shape index (κ3) is 2.92. The fraction of sp³-hybridized carbons (Fsp3) is 0.0769. The molecule has 0 aliphatic carbocycles. The summed E-state index contributed by atoms with van der Waals surface area (Å²) in [5.41, 5.74) is 1.10. The topological polar surface area (TPSA) is 92.2 Å². The van der Waals surface area contributed by atoms with Gasteiger partial charge in [0, 0.05) is 5.69 Å². The molecular formula is C13H10ClN3O3. The van der Waals surface area contributed by atoms with Gasteiger partial charge in [-0.2, -0.15) is 0 Å². The van der Waals surface area contributed by atoms with Crippen molar-refractivity contribution >= 4 is 29.2 Å². The number of amides is 1. The molecule has 0 atom stereocenters. The van der Waals surface area contributed by atoms with Crippen molar-refractivity contribution < 1.29 is 14.7 Å². The van der Waals surface area contributed by atoms with E-state index in [1.54, 1.807) is 19.1 Å². The Bertz CT molecular complexity index is 671. The summed E-state index contributed by atoms with van der Waals surface area (Å²) in [6, 6.07) is 4.64. The minimum Gasteiger partial charge on any atom is -0.478 e. The van der Waals surface area contributed by atoms with Gasteiger partial charge in [0.25, 0.3) is 5.91 Å². The first kappa shape index (κ1) is 14.0. The van der Waals surface area contributed by atoms with Gasteiger partial charge < -0.3 is 10.4 Å². The number of carboxylic acid groups (broad SMARTS) is 1. The number of nitrogens with one attached hydrogen (secondary N) is 1. The SMILES string of the molecule is Cc1c(NC(=O)c2cnc(Cl)cn2)cccc1C(=O)O. The van der Waals surface area contributed by atoms with Gasteiger partial charge in [-0.25, -0.2) is 14.8 Å². The Balaban J connectivity index is 2.26. The molecule has 0 unspecified atom stereocenters. The van der Waals surface area contributed by atoms with Crippen LogP contribution < -0.4 is 5.32 Å². The smallest absolute Gasteiger partial charge is 0.336 e. The highest BCUT2D eigenvalue weighted by Crippen LogP contribution is 2.19. The van der Waals surface area contributed by atoms with Crippen molar-refractivity contribution in [3.63, 3.8) is 0 Å². The minimum absolute atomic E-state index is 0.0922. The highest BCUT2D eigenvalue weighted by molar-refractivity contribution is 6.29. The highest BCUT2D eigenvalue weighted by atomic mass is 35.5. The quantitative estimate of drug-likeness (QED) is 0.906. The predicted octanol–water partition coefficient (Wildman–Crippen LogP) is 2.39. The van der Waals surface area contributed by atoms with E-state index in [1.165, 1.54) is 18.5 Å². The van der Waals surface area contributed by atoms with Crippen molar-refractivity contribution in [3.05, 3.63) is 52.6 Å². The van der Waals surface area contributed by atoms with E-state index in [-0.39, 0.29) is 16.4 Å². The molecule has 20 heavy (non-hydrogen) atoms. The van der Waals surface area contributed by atoms with Gasteiger partial charge in [-0.3, -0.25) is 4.79 Å². The number of carbonyl (C=O) groups is 2. The van der Waals surface area contributed by atoms with Crippen molar-refractivity contribution in [2.75, 3.05) is 5.32 Å². The summed E-state index contributed by atoms with van der Waals surface area (Å²) in [6.07, 6.45) is 2.51. The van der Waals surface area contributed by atoms with E-state index in [0.29, 0.717) is 11.3 Å². The summed E-state index contributed by atoms with van der Waals surface area (Å²) < 4.78 is 0. The number of aromatic nitrogens is 2. The second-order valence-electron chi connectivity index (χ2n) is 3.96. The van der Waals surface area contributed by atoms with Crippen LogP contribution in [0.15, 0.2) is 30.6 Å². The molecule has 0 bridgehead atoms. The number of nitrogens with zero attached hydrogens (tertiary/aromatic N) is 2. The average Bonchev–Trinajstić information content (AvgIpc) is 2.41. The molecular weight excluding hydrogens is 282 g/mol. The lowest BCUT2D eigenvalue weighted by molar-refractivity contribution is 0.0695. The van der Waals surface area contributed by atoms with Gasteiger partial charge in [0.2, 0.25) is 0 Å². The molecule has 0 spiro atoms. The molecule has 0 aliphatic heterocycles. The van der Waals surface area contributed by atoms with Crippen LogP contribution in [0.1, 0.15) is 26.4 Å². The Morgan fingerprint density at radius 2 is 2.00 bits per heavy atom. The zero-order chi connectivity index (χ0) is 14.7. The maximum Gasteiger partial charge on any atom is 0.336 e. The van der Waals surface area contributed by atoms with E-state index in [4.69, 9.17) is 16.7 Å². The van der Waals surface area contributed by atoms with Crippen LogP contribution in [0.4, 0.5) is 5.69 Å². The summed E-state index contributed by atoms with van der Waals surface area (Å²) >= 11 is 5.59. The van der Waals surface area contributed by atoms with Gasteiger partial charge in [-0.1, -0.05) is 17.7 Å². The second kappa shape index (κ2) is 5.66. The van der Waals surface area contributed by atoms with Crippen LogP contribution in [0.2, 0.25) is 5.15 Å². The summed E-state index contributed by atoms with van der Waals surface area (Å²) in [5.74, 6) is -1.54. The largest absolute Gasteiger partial charge is 0.478 e. The molecule has 0 fully saturated rings. The molecule has 1 heterocycles. The first-order chi connectivity index (χ1) is 9.49. The first-order valence-corrected chi connectivity index (χ1v) is 5.98. The number of aromatic carboxylic acids is 1. The third-order valence-corrected chi connectivity index (χ3v) is 2.86. The molecule has 6 nitrogen and oxygen atoms in total. The molecule has 1 amide bonds. The molecule has 7 heteroatoms. The van der Waals surface area contributed by atoms with Crippen LogP contribution in [-0.2, 0) is 0 Å². The average molecular weight is 292 g/mol. The molecule has 2 N–H and O–H groups in total. The minimum atomic E-state index is -1.05. The van der Waals surface area contributed by atoms with Crippen molar-refractivity contribution in [1.29, 1.82) is 0 Å². The first-order valence-electron chi connectivity index (χ1n) is 5.61.